The summed E-state index contributed by atoms with van der Waals surface area (Å²) in [6.07, 6.45) is 0. The Bertz CT molecular complexity index is 1000. The van der Waals surface area contributed by atoms with Crippen LogP contribution in [0.1, 0.15) is 10.4 Å². The van der Waals surface area contributed by atoms with Crippen LogP contribution in [-0.4, -0.2) is 32.6 Å². The number of carbonyl (C=O) groups is 2. The molecule has 0 bridgehead atoms. The third kappa shape index (κ3) is 4.28. The second kappa shape index (κ2) is 8.22. The number of esters is 1. The van der Waals surface area contributed by atoms with Crippen molar-refractivity contribution in [1.29, 1.82) is 0 Å². The first-order chi connectivity index (χ1) is 13.0. The molecule has 0 unspecified atom stereocenters. The monoisotopic (exact) mass is 427 g/mol. The number of anilines is 1. The number of para-hydroxylation sites is 1. The normalized spacial score (nSPS) is 10.5. The Labute approximate surface area is 165 Å². The van der Waals surface area contributed by atoms with Gasteiger partial charge in [-0.15, -0.1) is 0 Å². The molecule has 0 atom stereocenters. The molecule has 0 radical (unpaired) electrons. The van der Waals surface area contributed by atoms with Gasteiger partial charge in [0.25, 0.3) is 5.91 Å². The first-order valence-electron chi connectivity index (χ1n) is 8.25. The molecular formula is C21H18BrNO4. The van der Waals surface area contributed by atoms with Crippen molar-refractivity contribution in [3.63, 3.8) is 0 Å². The van der Waals surface area contributed by atoms with Crippen LogP contribution in [0.2, 0.25) is 0 Å². The molecule has 0 aliphatic rings. The Morgan fingerprint density at radius 2 is 1.70 bits per heavy atom. The summed E-state index contributed by atoms with van der Waals surface area (Å²) in [5, 5.41) is 2.10. The van der Waals surface area contributed by atoms with E-state index in [4.69, 9.17) is 9.47 Å². The molecule has 1 amide bonds. The minimum Gasteiger partial charge on any atom is -0.484 e. The van der Waals surface area contributed by atoms with Crippen LogP contribution in [-0.2, 0) is 9.53 Å². The van der Waals surface area contributed by atoms with Crippen LogP contribution in [0.15, 0.2) is 65.1 Å². The van der Waals surface area contributed by atoms with Crippen molar-refractivity contribution in [3.8, 4) is 5.75 Å². The molecule has 6 heteroatoms. The maximum absolute atomic E-state index is 12.5. The van der Waals surface area contributed by atoms with Crippen molar-refractivity contribution >= 4 is 44.3 Å². The van der Waals surface area contributed by atoms with E-state index in [1.807, 2.05) is 36.4 Å². The van der Waals surface area contributed by atoms with Crippen LogP contribution in [0, 0.1) is 0 Å². The molecule has 3 aromatic carbocycles. The summed E-state index contributed by atoms with van der Waals surface area (Å²) in [7, 11) is 2.91. The molecule has 0 saturated heterocycles. The Balaban J connectivity index is 1.72. The van der Waals surface area contributed by atoms with E-state index in [1.54, 1.807) is 31.3 Å². The predicted octanol–water partition coefficient (Wildman–Crippen LogP) is 4.43. The maximum atomic E-state index is 12.5. The predicted molar refractivity (Wildman–Crippen MR) is 108 cm³/mol. The topological polar surface area (TPSA) is 55.8 Å². The Hall–Kier alpha value is -2.86. The summed E-state index contributed by atoms with van der Waals surface area (Å²) in [6, 6.07) is 18.4. The third-order valence-electron chi connectivity index (χ3n) is 4.18. The van der Waals surface area contributed by atoms with Crippen LogP contribution < -0.4 is 9.64 Å². The molecule has 0 spiro atoms. The van der Waals surface area contributed by atoms with E-state index >= 15 is 0 Å². The van der Waals surface area contributed by atoms with Gasteiger partial charge in [-0.25, -0.2) is 4.79 Å². The summed E-state index contributed by atoms with van der Waals surface area (Å²) in [6.45, 7) is -0.145. The molecule has 0 fully saturated rings. The van der Waals surface area contributed by atoms with E-state index in [-0.39, 0.29) is 12.5 Å². The molecule has 0 saturated carbocycles. The molecule has 3 rings (SSSR count). The highest BCUT2D eigenvalue weighted by Crippen LogP contribution is 2.25. The fourth-order valence-electron chi connectivity index (χ4n) is 2.71. The lowest BCUT2D eigenvalue weighted by molar-refractivity contribution is -0.120. The molecule has 5 nitrogen and oxygen atoms in total. The van der Waals surface area contributed by atoms with Crippen molar-refractivity contribution in [2.75, 3.05) is 25.7 Å². The van der Waals surface area contributed by atoms with Gasteiger partial charge in [-0.05, 0) is 47.2 Å². The van der Waals surface area contributed by atoms with Gasteiger partial charge in [-0.3, -0.25) is 4.79 Å². The Morgan fingerprint density at radius 1 is 1.00 bits per heavy atom. The number of fused-ring (bicyclic) bond motifs is 1. The zero-order valence-corrected chi connectivity index (χ0v) is 16.5. The SMILES string of the molecule is COC(=O)c1ccccc1N(C)C(=O)COc1ccc2cc(Br)ccc2c1. The number of hydrogen-bond donors (Lipinski definition) is 0. The van der Waals surface area contributed by atoms with Gasteiger partial charge >= 0.3 is 5.97 Å². The average molecular weight is 428 g/mol. The van der Waals surface area contributed by atoms with Crippen molar-refractivity contribution in [2.45, 2.75) is 0 Å². The van der Waals surface area contributed by atoms with E-state index in [0.29, 0.717) is 17.0 Å². The number of carbonyl (C=O) groups excluding carboxylic acids is 2. The fraction of sp³-hybridized carbons (Fsp3) is 0.143. The number of ether oxygens (including phenoxy) is 2. The molecule has 0 N–H and O–H groups in total. The highest BCUT2D eigenvalue weighted by atomic mass is 79.9. The Kier molecular flexibility index (Phi) is 5.76. The van der Waals surface area contributed by atoms with Crippen molar-refractivity contribution < 1.29 is 19.1 Å². The van der Waals surface area contributed by atoms with Crippen LogP contribution in [0.5, 0.6) is 5.75 Å². The van der Waals surface area contributed by atoms with E-state index in [0.717, 1.165) is 15.2 Å². The van der Waals surface area contributed by atoms with Crippen molar-refractivity contribution in [2.24, 2.45) is 0 Å². The molecule has 0 aromatic heterocycles. The smallest absolute Gasteiger partial charge is 0.339 e. The zero-order valence-electron chi connectivity index (χ0n) is 14.9. The highest BCUT2D eigenvalue weighted by Gasteiger charge is 2.19. The minimum absolute atomic E-state index is 0.145. The summed E-state index contributed by atoms with van der Waals surface area (Å²) in [4.78, 5) is 25.8. The number of nitrogens with zero attached hydrogens (tertiary/aromatic N) is 1. The van der Waals surface area contributed by atoms with Gasteiger partial charge in [0.15, 0.2) is 6.61 Å². The van der Waals surface area contributed by atoms with Crippen LogP contribution in [0.25, 0.3) is 10.8 Å². The first-order valence-corrected chi connectivity index (χ1v) is 9.05. The van der Waals surface area contributed by atoms with E-state index < -0.39 is 5.97 Å². The molecule has 0 heterocycles. The number of methoxy groups -OCH3 is 1. The van der Waals surface area contributed by atoms with Crippen molar-refractivity contribution in [1.82, 2.24) is 0 Å². The molecule has 0 aliphatic carbocycles. The summed E-state index contributed by atoms with van der Waals surface area (Å²) in [5.74, 6) is -0.165. The van der Waals surface area contributed by atoms with Crippen LogP contribution in [0.3, 0.4) is 0 Å². The van der Waals surface area contributed by atoms with Gasteiger partial charge in [0.1, 0.15) is 5.75 Å². The van der Waals surface area contributed by atoms with Crippen LogP contribution in [0.4, 0.5) is 5.69 Å². The van der Waals surface area contributed by atoms with Crippen molar-refractivity contribution in [3.05, 3.63) is 70.7 Å². The lowest BCUT2D eigenvalue weighted by Crippen LogP contribution is -2.32. The summed E-state index contributed by atoms with van der Waals surface area (Å²) < 4.78 is 11.4. The van der Waals surface area contributed by atoms with Gasteiger partial charge in [-0.1, -0.05) is 40.2 Å². The quantitative estimate of drug-likeness (QED) is 0.565. The molecular weight excluding hydrogens is 410 g/mol. The van der Waals surface area contributed by atoms with E-state index in [9.17, 15) is 9.59 Å². The minimum atomic E-state index is -0.494. The summed E-state index contributed by atoms with van der Waals surface area (Å²) >= 11 is 3.45. The number of hydrogen-bond acceptors (Lipinski definition) is 4. The van der Waals surface area contributed by atoms with E-state index in [1.165, 1.54) is 12.0 Å². The van der Waals surface area contributed by atoms with Gasteiger partial charge in [0, 0.05) is 11.5 Å². The molecule has 0 aliphatic heterocycles. The first kappa shape index (κ1) is 18.9. The van der Waals surface area contributed by atoms with E-state index in [2.05, 4.69) is 15.9 Å². The maximum Gasteiger partial charge on any atom is 0.339 e. The van der Waals surface area contributed by atoms with Crippen LogP contribution >= 0.6 is 15.9 Å². The van der Waals surface area contributed by atoms with Gasteiger partial charge in [0.2, 0.25) is 0 Å². The standard InChI is InChI=1S/C21H18BrNO4/c1-23(19-6-4-3-5-18(19)21(25)26-2)20(24)13-27-17-10-8-14-11-16(22)9-7-15(14)12-17/h3-12H,13H2,1-2H3. The Morgan fingerprint density at radius 3 is 2.48 bits per heavy atom. The summed E-state index contributed by atoms with van der Waals surface area (Å²) in [5.41, 5.74) is 0.799. The number of benzene rings is 3. The number of likely N-dealkylation sites (N-methyl/N-ethyl adjacent to an activating group) is 1. The zero-order chi connectivity index (χ0) is 19.4. The average Bonchev–Trinajstić information content (AvgIpc) is 2.70. The molecule has 3 aromatic rings. The third-order valence-corrected chi connectivity index (χ3v) is 4.67. The van der Waals surface area contributed by atoms with Gasteiger partial charge in [-0.2, -0.15) is 0 Å². The van der Waals surface area contributed by atoms with Gasteiger partial charge in [0.05, 0.1) is 18.4 Å². The lowest BCUT2D eigenvalue weighted by Gasteiger charge is -2.20. The number of rotatable bonds is 5. The second-order valence-corrected chi connectivity index (χ2v) is 6.82. The molecule has 27 heavy (non-hydrogen) atoms. The number of halogens is 1. The fourth-order valence-corrected chi connectivity index (χ4v) is 3.09. The number of amides is 1. The largest absolute Gasteiger partial charge is 0.484 e. The highest BCUT2D eigenvalue weighted by molar-refractivity contribution is 9.10. The lowest BCUT2D eigenvalue weighted by atomic mass is 10.1. The van der Waals surface area contributed by atoms with Gasteiger partial charge < -0.3 is 14.4 Å². The second-order valence-electron chi connectivity index (χ2n) is 5.90. The molecule has 138 valence electrons.